The van der Waals surface area contributed by atoms with Gasteiger partial charge >= 0.3 is 12.0 Å². The van der Waals surface area contributed by atoms with Gasteiger partial charge in [0.25, 0.3) is 0 Å². The van der Waals surface area contributed by atoms with Crippen molar-refractivity contribution in [2.75, 3.05) is 26.8 Å². The minimum Gasteiger partial charge on any atom is -0.481 e. The first kappa shape index (κ1) is 15.7. The molecule has 6 heteroatoms. The summed E-state index contributed by atoms with van der Waals surface area (Å²) in [6.07, 6.45) is 0.0559. The van der Waals surface area contributed by atoms with E-state index in [4.69, 9.17) is 9.84 Å². The zero-order chi connectivity index (χ0) is 13.3. The van der Waals surface area contributed by atoms with Crippen molar-refractivity contribution < 1.29 is 19.4 Å². The van der Waals surface area contributed by atoms with Gasteiger partial charge in [0.15, 0.2) is 0 Å². The molecule has 100 valence electrons. The van der Waals surface area contributed by atoms with E-state index in [-0.39, 0.29) is 24.3 Å². The first-order valence-electron chi connectivity index (χ1n) is 5.68. The highest BCUT2D eigenvalue weighted by Gasteiger charge is 2.09. The molecule has 0 fully saturated rings. The third kappa shape index (κ3) is 9.62. The summed E-state index contributed by atoms with van der Waals surface area (Å²) in [5.74, 6) is -0.676. The maximum Gasteiger partial charge on any atom is 0.314 e. The van der Waals surface area contributed by atoms with Crippen LogP contribution in [0.15, 0.2) is 0 Å². The van der Waals surface area contributed by atoms with Crippen molar-refractivity contribution in [3.8, 4) is 0 Å². The summed E-state index contributed by atoms with van der Waals surface area (Å²) in [6, 6.07) is -0.273. The van der Waals surface area contributed by atoms with Crippen LogP contribution in [0.5, 0.6) is 0 Å². The highest BCUT2D eigenvalue weighted by atomic mass is 16.5. The number of carbonyl (C=O) groups excluding carboxylic acids is 1. The normalized spacial score (nSPS) is 13.8. The molecule has 0 aromatic carbocycles. The number of hydrogen-bond acceptors (Lipinski definition) is 3. The SMILES string of the molecule is COCC(C)CNC(=O)NCC(C)CC(=O)O. The number of urea groups is 1. The molecule has 2 amide bonds. The van der Waals surface area contributed by atoms with E-state index < -0.39 is 5.97 Å². The molecule has 0 saturated carbocycles. The van der Waals surface area contributed by atoms with E-state index in [1.165, 1.54) is 0 Å². The zero-order valence-corrected chi connectivity index (χ0v) is 10.7. The van der Waals surface area contributed by atoms with E-state index in [0.717, 1.165) is 0 Å². The standard InChI is InChI=1S/C11H22N2O4/c1-8(4-10(14)15)5-12-11(16)13-6-9(2)7-17-3/h8-9H,4-7H2,1-3H3,(H,14,15)(H2,12,13,16). The third-order valence-electron chi connectivity index (χ3n) is 2.20. The molecule has 0 heterocycles. The molecule has 3 N–H and O–H groups in total. The molecule has 0 aliphatic carbocycles. The average molecular weight is 246 g/mol. The fourth-order valence-corrected chi connectivity index (χ4v) is 1.31. The quantitative estimate of drug-likeness (QED) is 0.587. The smallest absolute Gasteiger partial charge is 0.314 e. The number of aliphatic carboxylic acids is 1. The van der Waals surface area contributed by atoms with Crippen LogP contribution in [0, 0.1) is 11.8 Å². The Hall–Kier alpha value is -1.30. The monoisotopic (exact) mass is 246 g/mol. The minimum absolute atomic E-state index is 0.0559. The van der Waals surface area contributed by atoms with Crippen LogP contribution < -0.4 is 10.6 Å². The molecular weight excluding hydrogens is 224 g/mol. The maximum atomic E-state index is 11.3. The first-order chi connectivity index (χ1) is 7.95. The Balaban J connectivity index is 3.62. The van der Waals surface area contributed by atoms with Gasteiger partial charge in [0.05, 0.1) is 6.61 Å². The van der Waals surface area contributed by atoms with Crippen LogP contribution >= 0.6 is 0 Å². The number of nitrogens with one attached hydrogen (secondary N) is 2. The highest BCUT2D eigenvalue weighted by Crippen LogP contribution is 1.99. The summed E-state index contributed by atoms with van der Waals surface area (Å²) in [4.78, 5) is 21.7. The number of amides is 2. The van der Waals surface area contributed by atoms with Gasteiger partial charge in [0, 0.05) is 26.6 Å². The van der Waals surface area contributed by atoms with Gasteiger partial charge in [-0.2, -0.15) is 0 Å². The Kier molecular flexibility index (Phi) is 8.13. The summed E-state index contributed by atoms with van der Waals surface area (Å²) in [7, 11) is 1.62. The van der Waals surface area contributed by atoms with E-state index in [0.29, 0.717) is 19.7 Å². The number of hydrogen-bond donors (Lipinski definition) is 3. The van der Waals surface area contributed by atoms with Crippen LogP contribution in [0.3, 0.4) is 0 Å². The Morgan fingerprint density at radius 3 is 2.18 bits per heavy atom. The molecule has 17 heavy (non-hydrogen) atoms. The Bertz CT molecular complexity index is 246. The average Bonchev–Trinajstić information content (AvgIpc) is 2.23. The van der Waals surface area contributed by atoms with Gasteiger partial charge in [-0.15, -0.1) is 0 Å². The van der Waals surface area contributed by atoms with E-state index >= 15 is 0 Å². The molecule has 0 spiro atoms. The molecule has 0 rings (SSSR count). The van der Waals surface area contributed by atoms with Crippen molar-refractivity contribution in [3.63, 3.8) is 0 Å². The summed E-state index contributed by atoms with van der Waals surface area (Å²) in [6.45, 7) is 5.23. The topological polar surface area (TPSA) is 87.7 Å². The number of ether oxygens (including phenoxy) is 1. The number of carboxylic acids is 1. The largest absolute Gasteiger partial charge is 0.481 e. The van der Waals surface area contributed by atoms with Crippen molar-refractivity contribution in [3.05, 3.63) is 0 Å². The highest BCUT2D eigenvalue weighted by molar-refractivity contribution is 5.74. The van der Waals surface area contributed by atoms with Gasteiger partial charge in [-0.1, -0.05) is 13.8 Å². The van der Waals surface area contributed by atoms with Gasteiger partial charge in [0.2, 0.25) is 0 Å². The maximum absolute atomic E-state index is 11.3. The molecule has 0 radical (unpaired) electrons. The Morgan fingerprint density at radius 2 is 1.71 bits per heavy atom. The second-order valence-electron chi connectivity index (χ2n) is 4.35. The van der Waals surface area contributed by atoms with Crippen molar-refractivity contribution in [1.82, 2.24) is 10.6 Å². The van der Waals surface area contributed by atoms with Crippen molar-refractivity contribution in [2.24, 2.45) is 11.8 Å². The molecule has 0 aromatic rings. The zero-order valence-electron chi connectivity index (χ0n) is 10.7. The number of carboxylic acid groups (broad SMARTS) is 1. The molecule has 2 atom stereocenters. The van der Waals surface area contributed by atoms with Crippen LogP contribution in [0.1, 0.15) is 20.3 Å². The summed E-state index contributed by atoms with van der Waals surface area (Å²) < 4.78 is 4.94. The lowest BCUT2D eigenvalue weighted by atomic mass is 10.1. The minimum atomic E-state index is -0.853. The lowest BCUT2D eigenvalue weighted by Gasteiger charge is -2.14. The van der Waals surface area contributed by atoms with Crippen molar-refractivity contribution in [2.45, 2.75) is 20.3 Å². The van der Waals surface area contributed by atoms with Crippen LogP contribution in [0.4, 0.5) is 4.79 Å². The lowest BCUT2D eigenvalue weighted by molar-refractivity contribution is -0.137. The lowest BCUT2D eigenvalue weighted by Crippen LogP contribution is -2.40. The van der Waals surface area contributed by atoms with E-state index in [1.54, 1.807) is 14.0 Å². The molecule has 6 nitrogen and oxygen atoms in total. The van der Waals surface area contributed by atoms with Crippen LogP contribution in [-0.4, -0.2) is 43.9 Å². The van der Waals surface area contributed by atoms with E-state index in [9.17, 15) is 9.59 Å². The van der Waals surface area contributed by atoms with E-state index in [1.807, 2.05) is 6.92 Å². The van der Waals surface area contributed by atoms with Crippen LogP contribution in [-0.2, 0) is 9.53 Å². The summed E-state index contributed by atoms with van der Waals surface area (Å²) >= 11 is 0. The number of carbonyl (C=O) groups is 2. The van der Waals surface area contributed by atoms with Crippen molar-refractivity contribution in [1.29, 1.82) is 0 Å². The van der Waals surface area contributed by atoms with Gasteiger partial charge in [-0.25, -0.2) is 4.79 Å². The van der Waals surface area contributed by atoms with Crippen molar-refractivity contribution >= 4 is 12.0 Å². The van der Waals surface area contributed by atoms with Gasteiger partial charge in [0.1, 0.15) is 0 Å². The molecular formula is C11H22N2O4. The molecule has 0 aliphatic heterocycles. The van der Waals surface area contributed by atoms with Crippen LogP contribution in [0.25, 0.3) is 0 Å². The van der Waals surface area contributed by atoms with Gasteiger partial charge < -0.3 is 20.5 Å². The fourth-order valence-electron chi connectivity index (χ4n) is 1.31. The Labute approximate surface area is 102 Å². The van der Waals surface area contributed by atoms with Gasteiger partial charge in [-0.3, -0.25) is 4.79 Å². The van der Waals surface area contributed by atoms with Crippen LogP contribution in [0.2, 0.25) is 0 Å². The second-order valence-corrected chi connectivity index (χ2v) is 4.35. The predicted octanol–water partition coefficient (Wildman–Crippen LogP) is 0.679. The summed E-state index contributed by atoms with van der Waals surface area (Å²) in [5, 5.41) is 13.9. The fraction of sp³-hybridized carbons (Fsp3) is 0.818. The first-order valence-corrected chi connectivity index (χ1v) is 5.68. The predicted molar refractivity (Wildman–Crippen MR) is 63.9 cm³/mol. The molecule has 0 aromatic heterocycles. The molecule has 2 unspecified atom stereocenters. The third-order valence-corrected chi connectivity index (χ3v) is 2.20. The molecule has 0 saturated heterocycles. The van der Waals surface area contributed by atoms with Gasteiger partial charge in [-0.05, 0) is 11.8 Å². The second kappa shape index (κ2) is 8.81. The Morgan fingerprint density at radius 1 is 1.18 bits per heavy atom. The summed E-state index contributed by atoms with van der Waals surface area (Å²) in [5.41, 5.74) is 0. The molecule has 0 bridgehead atoms. The number of methoxy groups -OCH3 is 1. The molecule has 0 aliphatic rings. The van der Waals surface area contributed by atoms with E-state index in [2.05, 4.69) is 10.6 Å². The number of rotatable bonds is 8.